The number of hydrogen-bond acceptors (Lipinski definition) is 7. The molecule has 3 heterocycles. The largest absolute Gasteiger partial charge is 0.496 e. The van der Waals surface area contributed by atoms with E-state index in [1.807, 2.05) is 35.1 Å². The van der Waals surface area contributed by atoms with Crippen LogP contribution < -0.4 is 19.5 Å². The topological polar surface area (TPSA) is 103 Å². The second-order valence-electron chi connectivity index (χ2n) is 7.08. The van der Waals surface area contributed by atoms with Crippen molar-refractivity contribution in [1.82, 2.24) is 24.9 Å². The van der Waals surface area contributed by atoms with Gasteiger partial charge >= 0.3 is 0 Å². The average molecular weight is 456 g/mol. The van der Waals surface area contributed by atoms with Gasteiger partial charge in [0.05, 0.1) is 32.9 Å². The number of pyridine rings is 1. The van der Waals surface area contributed by atoms with Gasteiger partial charge in [0.25, 0.3) is 5.91 Å². The number of benzene rings is 1. The molecule has 3 aromatic heterocycles. The van der Waals surface area contributed by atoms with Crippen LogP contribution in [-0.4, -0.2) is 58.8 Å². The minimum absolute atomic E-state index is 0.261. The smallest absolute Gasteiger partial charge is 0.268 e. The van der Waals surface area contributed by atoms with E-state index in [1.54, 1.807) is 45.2 Å². The van der Waals surface area contributed by atoms with Gasteiger partial charge in [-0.1, -0.05) is 6.07 Å². The third-order valence-corrected chi connectivity index (χ3v) is 5.90. The van der Waals surface area contributed by atoms with Gasteiger partial charge in [-0.05, 0) is 36.6 Å². The maximum Gasteiger partial charge on any atom is 0.268 e. The SMILES string of the molecule is COc1cc(OC)c2cc(C(=O)NC(CCSC)c3nnc4ccccn34)[nH]c2c1OC. The first-order valence-electron chi connectivity index (χ1n) is 10.0. The lowest BCUT2D eigenvalue weighted by molar-refractivity contribution is 0.0929. The summed E-state index contributed by atoms with van der Waals surface area (Å²) in [5.41, 5.74) is 1.74. The highest BCUT2D eigenvalue weighted by Gasteiger charge is 2.24. The Bertz CT molecular complexity index is 1250. The number of H-pyrrole nitrogens is 1. The van der Waals surface area contributed by atoms with Crippen LogP contribution in [0.5, 0.6) is 17.2 Å². The van der Waals surface area contributed by atoms with Gasteiger partial charge < -0.3 is 24.5 Å². The molecule has 0 spiro atoms. The van der Waals surface area contributed by atoms with Gasteiger partial charge in [0.1, 0.15) is 11.4 Å². The number of ether oxygens (including phenoxy) is 3. The molecule has 0 aliphatic rings. The Balaban J connectivity index is 1.70. The number of nitrogens with zero attached hydrogens (tertiary/aromatic N) is 3. The standard InChI is InChI=1S/C22H25N5O4S/c1-29-16-12-17(30-2)20(31-3)19-13(16)11-15(23-19)22(28)24-14(8-10-32-4)21-26-25-18-7-5-6-9-27(18)21/h5-7,9,11-12,14,23H,8,10H2,1-4H3,(H,24,28). The number of nitrogens with one attached hydrogen (secondary N) is 2. The van der Waals surface area contributed by atoms with Gasteiger partial charge in [0.15, 0.2) is 23.0 Å². The number of thioether (sulfide) groups is 1. The highest BCUT2D eigenvalue weighted by molar-refractivity contribution is 7.98. The molecule has 0 bridgehead atoms. The molecule has 1 aromatic carbocycles. The summed E-state index contributed by atoms with van der Waals surface area (Å²) in [6.45, 7) is 0. The zero-order valence-corrected chi connectivity index (χ0v) is 19.2. The van der Waals surface area contributed by atoms with Gasteiger partial charge in [0, 0.05) is 17.6 Å². The second-order valence-corrected chi connectivity index (χ2v) is 8.07. The second kappa shape index (κ2) is 9.39. The lowest BCUT2D eigenvalue weighted by Gasteiger charge is -2.16. The minimum atomic E-state index is -0.308. The summed E-state index contributed by atoms with van der Waals surface area (Å²) in [6.07, 6.45) is 4.64. The summed E-state index contributed by atoms with van der Waals surface area (Å²) in [7, 11) is 4.68. The Hall–Kier alpha value is -3.40. The highest BCUT2D eigenvalue weighted by atomic mass is 32.2. The molecule has 9 nitrogen and oxygen atoms in total. The number of aromatic amines is 1. The zero-order valence-electron chi connectivity index (χ0n) is 18.3. The summed E-state index contributed by atoms with van der Waals surface area (Å²) in [6, 6.07) is 8.88. The van der Waals surface area contributed by atoms with Crippen LogP contribution in [-0.2, 0) is 0 Å². The number of fused-ring (bicyclic) bond motifs is 2. The fourth-order valence-corrected chi connectivity index (χ4v) is 4.17. The van der Waals surface area contributed by atoms with Crippen molar-refractivity contribution < 1.29 is 19.0 Å². The van der Waals surface area contributed by atoms with Crippen LogP contribution in [0.4, 0.5) is 0 Å². The lowest BCUT2D eigenvalue weighted by atomic mass is 10.2. The summed E-state index contributed by atoms with van der Waals surface area (Å²) in [4.78, 5) is 16.4. The molecule has 0 saturated heterocycles. The number of aromatic nitrogens is 4. The lowest BCUT2D eigenvalue weighted by Crippen LogP contribution is -2.30. The fraction of sp³-hybridized carbons (Fsp3) is 0.318. The van der Waals surface area contributed by atoms with E-state index in [2.05, 4.69) is 20.5 Å². The van der Waals surface area contributed by atoms with Gasteiger partial charge in [-0.25, -0.2) is 0 Å². The Morgan fingerprint density at radius 2 is 1.97 bits per heavy atom. The molecule has 1 atom stereocenters. The molecular formula is C22H25N5O4S. The quantitative estimate of drug-likeness (QED) is 0.398. The van der Waals surface area contributed by atoms with E-state index in [0.29, 0.717) is 40.7 Å². The first-order chi connectivity index (χ1) is 15.6. The van der Waals surface area contributed by atoms with E-state index in [9.17, 15) is 4.79 Å². The summed E-state index contributed by atoms with van der Waals surface area (Å²) < 4.78 is 18.3. The molecule has 0 aliphatic heterocycles. The van der Waals surface area contributed by atoms with E-state index < -0.39 is 0 Å². The van der Waals surface area contributed by atoms with Gasteiger partial charge in [-0.15, -0.1) is 10.2 Å². The van der Waals surface area contributed by atoms with Crippen molar-refractivity contribution in [2.45, 2.75) is 12.5 Å². The zero-order chi connectivity index (χ0) is 22.7. The third kappa shape index (κ3) is 3.93. The molecule has 1 amide bonds. The van der Waals surface area contributed by atoms with Crippen molar-refractivity contribution in [3.63, 3.8) is 0 Å². The number of carbonyl (C=O) groups is 1. The number of amides is 1. The third-order valence-electron chi connectivity index (χ3n) is 5.25. The molecule has 0 aliphatic carbocycles. The summed E-state index contributed by atoms with van der Waals surface area (Å²) >= 11 is 1.71. The maximum absolute atomic E-state index is 13.3. The van der Waals surface area contributed by atoms with E-state index >= 15 is 0 Å². The Morgan fingerprint density at radius 1 is 1.16 bits per heavy atom. The number of carbonyl (C=O) groups excluding carboxylic acids is 1. The predicted octanol–water partition coefficient (Wildman–Crippen LogP) is 3.46. The average Bonchev–Trinajstić information content (AvgIpc) is 3.45. The molecule has 10 heteroatoms. The maximum atomic E-state index is 13.3. The van der Waals surface area contributed by atoms with E-state index in [1.165, 1.54) is 0 Å². The molecule has 2 N–H and O–H groups in total. The van der Waals surface area contributed by atoms with Crippen LogP contribution in [0.2, 0.25) is 0 Å². The van der Waals surface area contributed by atoms with Crippen LogP contribution in [0.3, 0.4) is 0 Å². The van der Waals surface area contributed by atoms with Crippen molar-refractivity contribution in [1.29, 1.82) is 0 Å². The van der Waals surface area contributed by atoms with Gasteiger partial charge in [-0.2, -0.15) is 11.8 Å². The number of methoxy groups -OCH3 is 3. The fourth-order valence-electron chi connectivity index (χ4n) is 3.69. The Labute approximate surface area is 189 Å². The monoisotopic (exact) mass is 455 g/mol. The molecule has 4 rings (SSSR count). The van der Waals surface area contributed by atoms with E-state index in [0.717, 1.165) is 16.8 Å². The summed E-state index contributed by atoms with van der Waals surface area (Å²) in [5, 5.41) is 12.4. The van der Waals surface area contributed by atoms with Gasteiger partial charge in [-0.3, -0.25) is 9.20 Å². The van der Waals surface area contributed by atoms with Crippen LogP contribution in [0.25, 0.3) is 16.6 Å². The van der Waals surface area contributed by atoms with Crippen LogP contribution in [0, 0.1) is 0 Å². The van der Waals surface area contributed by atoms with Crippen molar-refractivity contribution in [2.24, 2.45) is 0 Å². The number of hydrogen-bond donors (Lipinski definition) is 2. The van der Waals surface area contributed by atoms with Crippen molar-refractivity contribution in [3.05, 3.63) is 48.0 Å². The van der Waals surface area contributed by atoms with Crippen LogP contribution in [0.15, 0.2) is 36.5 Å². The normalized spacial score (nSPS) is 12.1. The van der Waals surface area contributed by atoms with Crippen molar-refractivity contribution >= 4 is 34.2 Å². The van der Waals surface area contributed by atoms with Crippen molar-refractivity contribution in [3.8, 4) is 17.2 Å². The number of rotatable bonds is 9. The molecule has 0 radical (unpaired) electrons. The van der Waals surface area contributed by atoms with Crippen LogP contribution in [0.1, 0.15) is 28.8 Å². The molecular weight excluding hydrogens is 430 g/mol. The predicted molar refractivity (Wildman–Crippen MR) is 124 cm³/mol. The molecule has 168 valence electrons. The van der Waals surface area contributed by atoms with Gasteiger partial charge in [0.2, 0.25) is 0 Å². The molecule has 0 fully saturated rings. The Morgan fingerprint density at radius 3 is 2.69 bits per heavy atom. The summed E-state index contributed by atoms with van der Waals surface area (Å²) in [5.74, 6) is 2.88. The van der Waals surface area contributed by atoms with Crippen LogP contribution >= 0.6 is 11.8 Å². The minimum Gasteiger partial charge on any atom is -0.496 e. The molecule has 1 unspecified atom stereocenters. The molecule has 32 heavy (non-hydrogen) atoms. The van der Waals surface area contributed by atoms with Crippen molar-refractivity contribution in [2.75, 3.05) is 33.3 Å². The molecule has 0 saturated carbocycles. The highest BCUT2D eigenvalue weighted by Crippen LogP contribution is 2.41. The first kappa shape index (κ1) is 21.8. The Kier molecular flexibility index (Phi) is 6.40. The molecule has 4 aromatic rings. The van der Waals surface area contributed by atoms with E-state index in [4.69, 9.17) is 14.2 Å². The first-order valence-corrected chi connectivity index (χ1v) is 11.4. The van der Waals surface area contributed by atoms with E-state index in [-0.39, 0.29) is 11.9 Å².